The Morgan fingerprint density at radius 3 is 2.85 bits per heavy atom. The molecule has 4 nitrogen and oxygen atoms in total. The van der Waals surface area contributed by atoms with Crippen molar-refractivity contribution < 1.29 is 9.90 Å². The van der Waals surface area contributed by atoms with Crippen LogP contribution in [0.15, 0.2) is 30.5 Å². The molecule has 2 rings (SSSR count). The smallest absolute Gasteiger partial charge is 0.303 e. The molecule has 0 fully saturated rings. The number of carbonyl (C=O) groups is 1. The average molecular weight is 270 g/mol. The molecule has 0 atom stereocenters. The molecule has 0 radical (unpaired) electrons. The van der Waals surface area contributed by atoms with E-state index in [4.69, 9.17) is 10.4 Å². The van der Waals surface area contributed by atoms with E-state index in [1.165, 1.54) is 10.9 Å². The highest BCUT2D eigenvalue weighted by molar-refractivity contribution is 5.84. The molecule has 0 aliphatic heterocycles. The largest absolute Gasteiger partial charge is 0.481 e. The zero-order valence-electron chi connectivity index (χ0n) is 11.4. The standard InChI is InChI=1S/C16H18N2O2/c17-10-3-4-11-18-12-13(6-5-9-16(19)20)14-7-1-2-8-15(14)18/h1-2,7-8,12H,3-6,9,11H2,(H,19,20). The lowest BCUT2D eigenvalue weighted by molar-refractivity contribution is -0.137. The summed E-state index contributed by atoms with van der Waals surface area (Å²) in [5.74, 6) is -0.747. The summed E-state index contributed by atoms with van der Waals surface area (Å²) in [6.07, 6.45) is 5.13. The molecule has 0 bridgehead atoms. The Morgan fingerprint density at radius 2 is 2.10 bits per heavy atom. The van der Waals surface area contributed by atoms with Crippen LogP contribution in [0.1, 0.15) is 31.2 Å². The molecule has 0 amide bonds. The number of carboxylic acids is 1. The van der Waals surface area contributed by atoms with Crippen molar-refractivity contribution in [3.05, 3.63) is 36.0 Å². The zero-order valence-corrected chi connectivity index (χ0v) is 11.4. The van der Waals surface area contributed by atoms with Crippen LogP contribution in [0.4, 0.5) is 0 Å². The predicted octanol–water partition coefficient (Wildman–Crippen LogP) is 3.35. The Morgan fingerprint density at radius 1 is 1.30 bits per heavy atom. The molecule has 4 heteroatoms. The number of aliphatic carboxylic acids is 1. The lowest BCUT2D eigenvalue weighted by atomic mass is 10.1. The highest BCUT2D eigenvalue weighted by Crippen LogP contribution is 2.23. The van der Waals surface area contributed by atoms with Crippen molar-refractivity contribution in [1.29, 1.82) is 5.26 Å². The van der Waals surface area contributed by atoms with E-state index >= 15 is 0 Å². The van der Waals surface area contributed by atoms with Crippen molar-refractivity contribution in [3.8, 4) is 6.07 Å². The summed E-state index contributed by atoms with van der Waals surface area (Å²) in [6.45, 7) is 0.826. The number of hydrogen-bond donors (Lipinski definition) is 1. The van der Waals surface area contributed by atoms with Crippen LogP contribution in [0.25, 0.3) is 10.9 Å². The van der Waals surface area contributed by atoms with Gasteiger partial charge in [-0.2, -0.15) is 5.26 Å². The van der Waals surface area contributed by atoms with Gasteiger partial charge in [0, 0.05) is 36.5 Å². The van der Waals surface area contributed by atoms with Gasteiger partial charge in [-0.3, -0.25) is 4.79 Å². The van der Waals surface area contributed by atoms with Gasteiger partial charge in [0.15, 0.2) is 0 Å². The Balaban J connectivity index is 2.17. The van der Waals surface area contributed by atoms with Gasteiger partial charge in [-0.05, 0) is 30.9 Å². The number of nitrogens with zero attached hydrogens (tertiary/aromatic N) is 2. The molecule has 0 aliphatic rings. The minimum absolute atomic E-state index is 0.202. The molecular weight excluding hydrogens is 252 g/mol. The van der Waals surface area contributed by atoms with Crippen molar-refractivity contribution >= 4 is 16.9 Å². The van der Waals surface area contributed by atoms with E-state index in [-0.39, 0.29) is 6.42 Å². The lowest BCUT2D eigenvalue weighted by Crippen LogP contribution is -1.96. The minimum Gasteiger partial charge on any atom is -0.481 e. The number of rotatable bonds is 7. The van der Waals surface area contributed by atoms with E-state index in [1.807, 2.05) is 12.1 Å². The van der Waals surface area contributed by atoms with Crippen LogP contribution in [0, 0.1) is 11.3 Å². The summed E-state index contributed by atoms with van der Waals surface area (Å²) in [4.78, 5) is 10.6. The normalized spacial score (nSPS) is 10.6. The molecule has 2 aromatic rings. The van der Waals surface area contributed by atoms with Gasteiger partial charge in [-0.15, -0.1) is 0 Å². The quantitative estimate of drug-likeness (QED) is 0.784. The monoisotopic (exact) mass is 270 g/mol. The first-order chi connectivity index (χ1) is 9.72. The Hall–Kier alpha value is -2.28. The predicted molar refractivity (Wildman–Crippen MR) is 77.4 cm³/mol. The third-order valence-corrected chi connectivity index (χ3v) is 3.40. The van der Waals surface area contributed by atoms with Crippen LogP contribution in [0.2, 0.25) is 0 Å². The lowest BCUT2D eigenvalue weighted by Gasteiger charge is -2.02. The fourth-order valence-corrected chi connectivity index (χ4v) is 2.47. The molecule has 1 N–H and O–H groups in total. The van der Waals surface area contributed by atoms with E-state index in [2.05, 4.69) is 29.0 Å². The molecule has 0 spiro atoms. The van der Waals surface area contributed by atoms with Crippen molar-refractivity contribution in [3.63, 3.8) is 0 Å². The summed E-state index contributed by atoms with van der Waals surface area (Å²) in [5.41, 5.74) is 2.36. The van der Waals surface area contributed by atoms with E-state index in [1.54, 1.807) is 0 Å². The topological polar surface area (TPSA) is 66.0 Å². The molecule has 1 aromatic heterocycles. The fourth-order valence-electron chi connectivity index (χ4n) is 2.47. The maximum Gasteiger partial charge on any atom is 0.303 e. The number of nitriles is 1. The van der Waals surface area contributed by atoms with Gasteiger partial charge in [-0.25, -0.2) is 0 Å². The van der Waals surface area contributed by atoms with E-state index in [9.17, 15) is 4.79 Å². The van der Waals surface area contributed by atoms with Crippen molar-refractivity contribution in [2.45, 2.75) is 38.6 Å². The van der Waals surface area contributed by atoms with Crippen LogP contribution in [-0.2, 0) is 17.8 Å². The Kier molecular flexibility index (Phi) is 4.78. The number of para-hydroxylation sites is 1. The van der Waals surface area contributed by atoms with Gasteiger partial charge in [-0.1, -0.05) is 18.2 Å². The highest BCUT2D eigenvalue weighted by atomic mass is 16.4. The SMILES string of the molecule is N#CCCCn1cc(CCCC(=O)O)c2ccccc21. The fraction of sp³-hybridized carbons (Fsp3) is 0.375. The number of aryl methyl sites for hydroxylation is 2. The van der Waals surface area contributed by atoms with Crippen molar-refractivity contribution in [2.24, 2.45) is 0 Å². The molecule has 1 heterocycles. The summed E-state index contributed by atoms with van der Waals surface area (Å²) < 4.78 is 2.17. The summed E-state index contributed by atoms with van der Waals surface area (Å²) in [5, 5.41) is 18.5. The third kappa shape index (κ3) is 3.39. The van der Waals surface area contributed by atoms with Gasteiger partial charge in [0.05, 0.1) is 6.07 Å². The van der Waals surface area contributed by atoms with E-state index in [0.29, 0.717) is 12.8 Å². The first kappa shape index (κ1) is 14.1. The first-order valence-corrected chi connectivity index (χ1v) is 6.88. The molecule has 1 aromatic carbocycles. The maximum absolute atomic E-state index is 10.6. The van der Waals surface area contributed by atoms with Gasteiger partial charge in [0.1, 0.15) is 0 Å². The minimum atomic E-state index is -0.747. The van der Waals surface area contributed by atoms with Crippen molar-refractivity contribution in [1.82, 2.24) is 4.57 Å². The molecule has 0 unspecified atom stereocenters. The van der Waals surface area contributed by atoms with Crippen LogP contribution >= 0.6 is 0 Å². The second kappa shape index (κ2) is 6.76. The van der Waals surface area contributed by atoms with Crippen LogP contribution in [0.5, 0.6) is 0 Å². The first-order valence-electron chi connectivity index (χ1n) is 6.88. The molecule has 0 saturated heterocycles. The van der Waals surface area contributed by atoms with Gasteiger partial charge in [0.25, 0.3) is 0 Å². The number of fused-ring (bicyclic) bond motifs is 1. The summed E-state index contributed by atoms with van der Waals surface area (Å²) in [7, 11) is 0. The summed E-state index contributed by atoms with van der Waals surface area (Å²) >= 11 is 0. The number of hydrogen-bond acceptors (Lipinski definition) is 2. The second-order valence-corrected chi connectivity index (χ2v) is 4.87. The molecule has 0 aliphatic carbocycles. The third-order valence-electron chi connectivity index (χ3n) is 3.40. The van der Waals surface area contributed by atoms with Crippen LogP contribution in [-0.4, -0.2) is 15.6 Å². The second-order valence-electron chi connectivity index (χ2n) is 4.87. The Bertz CT molecular complexity index is 637. The van der Waals surface area contributed by atoms with E-state index in [0.717, 1.165) is 24.9 Å². The number of aromatic nitrogens is 1. The number of benzene rings is 1. The number of carboxylic acid groups (broad SMARTS) is 1. The molecular formula is C16H18N2O2. The number of unbranched alkanes of at least 4 members (excludes halogenated alkanes) is 1. The van der Waals surface area contributed by atoms with E-state index < -0.39 is 5.97 Å². The molecule has 20 heavy (non-hydrogen) atoms. The van der Waals surface area contributed by atoms with Crippen LogP contribution in [0.3, 0.4) is 0 Å². The van der Waals surface area contributed by atoms with Crippen LogP contribution < -0.4 is 0 Å². The Labute approximate surface area is 118 Å². The van der Waals surface area contributed by atoms with Crippen molar-refractivity contribution in [2.75, 3.05) is 0 Å². The van der Waals surface area contributed by atoms with Gasteiger partial charge >= 0.3 is 5.97 Å². The molecule has 104 valence electrons. The van der Waals surface area contributed by atoms with Gasteiger partial charge < -0.3 is 9.67 Å². The average Bonchev–Trinajstić information content (AvgIpc) is 2.78. The van der Waals surface area contributed by atoms with Gasteiger partial charge in [0.2, 0.25) is 0 Å². The zero-order chi connectivity index (χ0) is 14.4. The molecule has 0 saturated carbocycles. The highest BCUT2D eigenvalue weighted by Gasteiger charge is 2.08. The summed E-state index contributed by atoms with van der Waals surface area (Å²) in [6, 6.07) is 10.3. The maximum atomic E-state index is 10.6.